The summed E-state index contributed by atoms with van der Waals surface area (Å²) >= 11 is 1.82. The fourth-order valence-electron chi connectivity index (χ4n) is 6.54. The zero-order valence-corrected chi connectivity index (χ0v) is 42.5. The van der Waals surface area contributed by atoms with Crippen molar-refractivity contribution < 1.29 is 54.4 Å². The molecule has 0 spiro atoms. The second-order valence-electron chi connectivity index (χ2n) is 15.3. The number of hydrogen-bond acceptors (Lipinski definition) is 6. The van der Waals surface area contributed by atoms with Crippen molar-refractivity contribution in [2.24, 2.45) is 0 Å². The van der Waals surface area contributed by atoms with E-state index in [1.54, 1.807) is 72.8 Å². The number of aryl methyl sites for hydroxylation is 2. The Hall–Kier alpha value is -3.64. The number of halogens is 1. The van der Waals surface area contributed by atoms with Gasteiger partial charge in [-0.15, -0.1) is 0 Å². The molecule has 0 heterocycles. The van der Waals surface area contributed by atoms with E-state index in [9.17, 15) is 27.3 Å². The van der Waals surface area contributed by atoms with Gasteiger partial charge in [0.15, 0.2) is 0 Å². The summed E-state index contributed by atoms with van der Waals surface area (Å²) in [6, 6.07) is 50.6. The van der Waals surface area contributed by atoms with Crippen molar-refractivity contribution >= 4 is 34.9 Å². The zero-order chi connectivity index (χ0) is 47.3. The first kappa shape index (κ1) is 57.5. The third kappa shape index (κ3) is 20.8. The number of nitrogens with zero attached hydrogens (tertiary/aromatic N) is 1. The Bertz CT molecular complexity index is 2430. The molecule has 6 N–H and O–H groups in total. The predicted octanol–water partition coefficient (Wildman–Crippen LogP) is 11.8. The summed E-state index contributed by atoms with van der Waals surface area (Å²) < 4.78 is 53.2. The van der Waals surface area contributed by atoms with Crippen molar-refractivity contribution in [3.63, 3.8) is 0 Å². The molecule has 4 atom stereocenters. The first-order valence-electron chi connectivity index (χ1n) is 20.3. The average molecular weight is 1050 g/mol. The Morgan fingerprint density at radius 1 is 0.523 bits per heavy atom. The molecule has 65 heavy (non-hydrogen) atoms. The Kier molecular flexibility index (Phi) is 25.2. The van der Waals surface area contributed by atoms with Gasteiger partial charge in [-0.1, -0.05) is 201 Å². The van der Waals surface area contributed by atoms with Crippen LogP contribution in [0.4, 0.5) is 0 Å². The summed E-state index contributed by atoms with van der Waals surface area (Å²) in [7, 11) is -7.94. The van der Waals surface area contributed by atoms with E-state index in [2.05, 4.69) is 77.0 Å². The van der Waals surface area contributed by atoms with Crippen molar-refractivity contribution in [2.45, 2.75) is 69.5 Å². The van der Waals surface area contributed by atoms with Crippen molar-refractivity contribution in [3.05, 3.63) is 221 Å². The monoisotopic (exact) mass is 1050 g/mol. The topological polar surface area (TPSA) is 187 Å². The normalized spacial score (nSPS) is 13.2. The van der Waals surface area contributed by atoms with Crippen molar-refractivity contribution in [3.8, 4) is 0 Å². The fraction of sp³-hybridized carbons (Fsp3) is 0.245. The van der Waals surface area contributed by atoms with Crippen molar-refractivity contribution in [2.75, 3.05) is 12.6 Å². The molecule has 0 aliphatic carbocycles. The molecular weight excluding hydrogens is 989 g/mol. The van der Waals surface area contributed by atoms with Crippen LogP contribution in [-0.4, -0.2) is 40.6 Å². The van der Waals surface area contributed by atoms with Crippen LogP contribution in [0.15, 0.2) is 175 Å². The summed E-state index contributed by atoms with van der Waals surface area (Å²) in [4.78, 5) is 37.1. The fourth-order valence-corrected chi connectivity index (χ4v) is 8.55. The molecule has 6 aromatic rings. The molecule has 11 nitrogen and oxygen atoms in total. The minimum atomic E-state index is -4.39. The van der Waals surface area contributed by atoms with Gasteiger partial charge in [0.1, 0.15) is 10.0 Å². The number of nitrogens with one attached hydrogen (secondary N) is 2. The van der Waals surface area contributed by atoms with Gasteiger partial charge in [0.05, 0.1) is 12.6 Å². The third-order valence-electron chi connectivity index (χ3n) is 9.95. The molecule has 0 amide bonds. The number of sulfonamides is 1. The molecule has 350 valence electrons. The van der Waals surface area contributed by atoms with Crippen LogP contribution < -0.4 is 10.6 Å². The van der Waals surface area contributed by atoms with Crippen LogP contribution in [0.3, 0.4) is 0 Å². The average Bonchev–Trinajstić information content (AvgIpc) is 3.28. The standard InChI is InChI=1S/C22H24N2O5PS.C16H20NO3P.C10H14.CH3.ClH.Ru/c1-17-12-14-20(15-13-17)31(28,29)24-22(19-10-6-3-7-11-19)21(23-16-30(25,26)27)18-8-4-2-5-9-18;1-13(14-8-4-2-5-9-14)16(17-12-21(18,19)20)15-10-6-3-7-11-15;1-8(2)10-6-4-9(3)5-7-10;;;/h2-15,21-23H,16H2,1H3,(H2,25,26,27);2-11,13,16-17H,12H2,1H3,(H2,18,19,20);4-8H,1-3H3;1H3;1H;/q-1;;;-1;;+4/p-1/t21-,22-;13-,16+;;;;/m00..../s1. The molecule has 6 rings (SSSR count). The van der Waals surface area contributed by atoms with Gasteiger partial charge in [-0.3, -0.25) is 14.4 Å². The molecule has 0 unspecified atom stereocenters. The van der Waals surface area contributed by atoms with Crippen LogP contribution in [0.2, 0.25) is 0 Å². The Morgan fingerprint density at radius 2 is 0.862 bits per heavy atom. The summed E-state index contributed by atoms with van der Waals surface area (Å²) in [6.45, 7) is 10.5. The third-order valence-corrected chi connectivity index (χ3v) is 12.5. The zero-order valence-electron chi connectivity index (χ0n) is 37.4. The van der Waals surface area contributed by atoms with Crippen LogP contribution in [0.1, 0.15) is 89.7 Å². The number of rotatable bonds is 16. The maximum atomic E-state index is 13.1. The van der Waals surface area contributed by atoms with E-state index < -0.39 is 43.6 Å². The Morgan fingerprint density at radius 3 is 1.25 bits per heavy atom. The van der Waals surface area contributed by atoms with Gasteiger partial charge in [0.25, 0.3) is 0 Å². The van der Waals surface area contributed by atoms with E-state index in [0.29, 0.717) is 17.0 Å². The summed E-state index contributed by atoms with van der Waals surface area (Å²) in [5.74, 6) is 0.751. The first-order valence-corrected chi connectivity index (χ1v) is 27.6. The quantitative estimate of drug-likeness (QED) is 0.0309. The number of benzene rings is 6. The van der Waals surface area contributed by atoms with E-state index in [1.165, 1.54) is 23.3 Å². The molecule has 6 aromatic carbocycles. The van der Waals surface area contributed by atoms with Crippen LogP contribution in [0.25, 0.3) is 4.72 Å². The van der Waals surface area contributed by atoms with E-state index in [-0.39, 0.29) is 30.6 Å². The van der Waals surface area contributed by atoms with E-state index in [1.807, 2.05) is 84.9 Å². The maximum absolute atomic E-state index is 13.1. The van der Waals surface area contributed by atoms with Crippen LogP contribution in [0, 0.1) is 21.3 Å². The van der Waals surface area contributed by atoms with E-state index in [0.717, 1.165) is 16.7 Å². The van der Waals surface area contributed by atoms with Gasteiger partial charge >= 0.3 is 42.2 Å². The van der Waals surface area contributed by atoms with Gasteiger partial charge in [-0.2, -0.15) is 0 Å². The van der Waals surface area contributed by atoms with Gasteiger partial charge in [-0.05, 0) is 54.2 Å². The molecule has 0 bridgehead atoms. The van der Waals surface area contributed by atoms with E-state index >= 15 is 0 Å². The molecule has 0 aromatic heterocycles. The van der Waals surface area contributed by atoms with Crippen LogP contribution >= 0.6 is 24.9 Å². The molecule has 0 saturated carbocycles. The number of hydrogen-bond donors (Lipinski definition) is 6. The van der Waals surface area contributed by atoms with Gasteiger partial charge in [-0.25, -0.2) is 8.42 Å². The Balaban J connectivity index is 0.000000367. The second-order valence-corrected chi connectivity index (χ2v) is 20.3. The van der Waals surface area contributed by atoms with Crippen LogP contribution in [-0.2, 0) is 36.5 Å². The first-order chi connectivity index (χ1) is 30.3. The molecule has 0 fully saturated rings. The molecule has 0 radical (unpaired) electrons. The van der Waals surface area contributed by atoms with E-state index in [4.69, 9.17) is 9.79 Å². The summed E-state index contributed by atoms with van der Waals surface area (Å²) in [5.41, 5.74) is 7.09. The van der Waals surface area contributed by atoms with Crippen molar-refractivity contribution in [1.82, 2.24) is 10.6 Å². The summed E-state index contributed by atoms with van der Waals surface area (Å²) in [5, 5.41) is 5.85. The predicted molar refractivity (Wildman–Crippen MR) is 262 cm³/mol. The summed E-state index contributed by atoms with van der Waals surface area (Å²) in [6.07, 6.45) is -0.945. The molecule has 0 aliphatic rings. The van der Waals surface area contributed by atoms with Crippen molar-refractivity contribution in [1.29, 1.82) is 0 Å². The van der Waals surface area contributed by atoms with Crippen LogP contribution in [0.5, 0.6) is 0 Å². The Labute approximate surface area is 400 Å². The second kappa shape index (κ2) is 28.5. The van der Waals surface area contributed by atoms with Gasteiger partial charge in [0, 0.05) is 22.9 Å². The molecule has 0 aliphatic heterocycles. The molecule has 16 heteroatoms. The molecular formula is C49H61ClN3O8P2RuS+. The minimum absolute atomic E-state index is 0. The molecule has 0 saturated heterocycles. The van der Waals surface area contributed by atoms with Gasteiger partial charge < -0.3 is 37.0 Å². The van der Waals surface area contributed by atoms with Gasteiger partial charge in [0.2, 0.25) is 0 Å². The SMILES string of the molecule is C[C@@H](c1ccccc1)[C@@H](NCP(=O)(O)O)c1ccccc1.Cc1ccc(C(C)C)cc1.Cc1ccc(S(=O)(=O)[N-][C@@H](c2ccccc2)[C@@H](NCP(=O)(O)O)c2ccccc2)cc1.[CH3-].[Cl][Ru+3].